The van der Waals surface area contributed by atoms with Gasteiger partial charge < -0.3 is 10.6 Å². The minimum Gasteiger partial charge on any atom is -0.343 e. The first kappa shape index (κ1) is 13.0. The van der Waals surface area contributed by atoms with Crippen LogP contribution in [-0.4, -0.2) is 29.9 Å². The molecule has 1 heterocycles. The Morgan fingerprint density at radius 1 is 1.33 bits per heavy atom. The summed E-state index contributed by atoms with van der Waals surface area (Å²) in [4.78, 5) is 13.7. The van der Waals surface area contributed by atoms with Gasteiger partial charge in [0.15, 0.2) is 0 Å². The van der Waals surface area contributed by atoms with Gasteiger partial charge in [-0.25, -0.2) is 4.39 Å². The Hall–Kier alpha value is -1.42. The predicted molar refractivity (Wildman–Crippen MR) is 68.5 cm³/mol. The number of halogens is 1. The first-order valence-corrected chi connectivity index (χ1v) is 6.43. The number of likely N-dealkylation sites (tertiary alicyclic amines) is 1. The standard InChI is InChI=1S/C14H19FN2O/c15-13-6-2-1-5-11(13)9-12(16)10-14(18)17-7-3-4-8-17/h1-2,5-6,12H,3-4,7-10,16H2. The number of benzene rings is 1. The van der Waals surface area contributed by atoms with Gasteiger partial charge >= 0.3 is 0 Å². The molecule has 98 valence electrons. The Morgan fingerprint density at radius 3 is 2.67 bits per heavy atom. The van der Waals surface area contributed by atoms with E-state index in [1.807, 2.05) is 4.90 Å². The second-order valence-corrected chi connectivity index (χ2v) is 4.85. The first-order chi connectivity index (χ1) is 8.66. The summed E-state index contributed by atoms with van der Waals surface area (Å²) < 4.78 is 13.4. The highest BCUT2D eigenvalue weighted by molar-refractivity contribution is 5.77. The molecule has 18 heavy (non-hydrogen) atoms. The van der Waals surface area contributed by atoms with Crippen LogP contribution < -0.4 is 5.73 Å². The minimum atomic E-state index is -0.310. The molecule has 1 aliphatic heterocycles. The molecule has 4 heteroatoms. The summed E-state index contributed by atoms with van der Waals surface area (Å²) in [6, 6.07) is 6.27. The van der Waals surface area contributed by atoms with Crippen molar-refractivity contribution >= 4 is 5.91 Å². The molecule has 0 aromatic heterocycles. The number of nitrogens with zero attached hydrogens (tertiary/aromatic N) is 1. The normalized spacial score (nSPS) is 16.9. The maximum absolute atomic E-state index is 13.4. The van der Waals surface area contributed by atoms with Gasteiger partial charge in [-0.2, -0.15) is 0 Å². The van der Waals surface area contributed by atoms with Crippen LogP contribution in [0.5, 0.6) is 0 Å². The second-order valence-electron chi connectivity index (χ2n) is 4.85. The third-order valence-corrected chi connectivity index (χ3v) is 3.34. The maximum atomic E-state index is 13.4. The molecule has 0 aliphatic carbocycles. The lowest BCUT2D eigenvalue weighted by Crippen LogP contribution is -2.35. The van der Waals surface area contributed by atoms with Crippen molar-refractivity contribution in [3.05, 3.63) is 35.6 Å². The van der Waals surface area contributed by atoms with Gasteiger partial charge in [0.1, 0.15) is 5.82 Å². The van der Waals surface area contributed by atoms with E-state index in [0.717, 1.165) is 25.9 Å². The van der Waals surface area contributed by atoms with Crippen molar-refractivity contribution in [2.75, 3.05) is 13.1 Å². The Kier molecular flexibility index (Phi) is 4.31. The van der Waals surface area contributed by atoms with Gasteiger partial charge in [0.05, 0.1) is 0 Å². The number of rotatable bonds is 4. The fraction of sp³-hybridized carbons (Fsp3) is 0.500. The molecule has 1 atom stereocenters. The number of nitrogens with two attached hydrogens (primary N) is 1. The quantitative estimate of drug-likeness (QED) is 0.884. The monoisotopic (exact) mass is 250 g/mol. The van der Waals surface area contributed by atoms with Crippen molar-refractivity contribution in [2.24, 2.45) is 5.73 Å². The van der Waals surface area contributed by atoms with Crippen LogP contribution in [0.2, 0.25) is 0 Å². The zero-order valence-electron chi connectivity index (χ0n) is 10.4. The molecule has 1 fully saturated rings. The van der Waals surface area contributed by atoms with Gasteiger partial charge in [-0.1, -0.05) is 18.2 Å². The van der Waals surface area contributed by atoms with Crippen LogP contribution in [0.1, 0.15) is 24.8 Å². The van der Waals surface area contributed by atoms with E-state index in [9.17, 15) is 9.18 Å². The number of hydrogen-bond acceptors (Lipinski definition) is 2. The molecule has 1 saturated heterocycles. The lowest BCUT2D eigenvalue weighted by molar-refractivity contribution is -0.130. The molecule has 2 rings (SSSR count). The number of amides is 1. The SMILES string of the molecule is NC(CC(=O)N1CCCC1)Cc1ccccc1F. The van der Waals surface area contributed by atoms with Crippen LogP contribution in [-0.2, 0) is 11.2 Å². The van der Waals surface area contributed by atoms with Crippen molar-refractivity contribution in [2.45, 2.75) is 31.7 Å². The Labute approximate surface area is 107 Å². The molecule has 1 aliphatic rings. The molecule has 1 aromatic rings. The van der Waals surface area contributed by atoms with Crippen LogP contribution >= 0.6 is 0 Å². The predicted octanol–water partition coefficient (Wildman–Crippen LogP) is 1.71. The Bertz CT molecular complexity index is 416. The highest BCUT2D eigenvalue weighted by Gasteiger charge is 2.20. The Morgan fingerprint density at radius 2 is 2.00 bits per heavy atom. The van der Waals surface area contributed by atoms with Crippen molar-refractivity contribution in [1.82, 2.24) is 4.90 Å². The maximum Gasteiger partial charge on any atom is 0.224 e. The lowest BCUT2D eigenvalue weighted by atomic mass is 10.0. The zero-order valence-corrected chi connectivity index (χ0v) is 10.4. The van der Waals surface area contributed by atoms with E-state index in [-0.39, 0.29) is 17.8 Å². The average molecular weight is 250 g/mol. The van der Waals surface area contributed by atoms with E-state index >= 15 is 0 Å². The molecule has 1 unspecified atom stereocenters. The van der Waals surface area contributed by atoms with E-state index in [0.29, 0.717) is 18.4 Å². The van der Waals surface area contributed by atoms with Crippen molar-refractivity contribution in [1.29, 1.82) is 0 Å². The summed E-state index contributed by atoms with van der Waals surface area (Å²) in [5.74, 6) is -0.155. The first-order valence-electron chi connectivity index (χ1n) is 6.43. The third-order valence-electron chi connectivity index (χ3n) is 3.34. The van der Waals surface area contributed by atoms with Crippen LogP contribution in [0, 0.1) is 5.82 Å². The van der Waals surface area contributed by atoms with E-state index in [2.05, 4.69) is 0 Å². The lowest BCUT2D eigenvalue weighted by Gasteiger charge is -2.18. The number of hydrogen-bond donors (Lipinski definition) is 1. The molecule has 3 nitrogen and oxygen atoms in total. The smallest absolute Gasteiger partial charge is 0.224 e. The van der Waals surface area contributed by atoms with Crippen LogP contribution in [0.3, 0.4) is 0 Å². The largest absolute Gasteiger partial charge is 0.343 e. The zero-order chi connectivity index (χ0) is 13.0. The van der Waals surface area contributed by atoms with E-state index < -0.39 is 0 Å². The summed E-state index contributed by atoms with van der Waals surface area (Å²) in [6.07, 6.45) is 2.86. The van der Waals surface area contributed by atoms with Crippen LogP contribution in [0.4, 0.5) is 4.39 Å². The summed E-state index contributed by atoms with van der Waals surface area (Å²) >= 11 is 0. The molecule has 0 bridgehead atoms. The number of carbonyl (C=O) groups excluding carboxylic acids is 1. The topological polar surface area (TPSA) is 46.3 Å². The molecule has 0 saturated carbocycles. The highest BCUT2D eigenvalue weighted by atomic mass is 19.1. The summed E-state index contributed by atoms with van der Waals surface area (Å²) in [5.41, 5.74) is 6.51. The van der Waals surface area contributed by atoms with Crippen molar-refractivity contribution < 1.29 is 9.18 Å². The van der Waals surface area contributed by atoms with E-state index in [1.165, 1.54) is 6.07 Å². The van der Waals surface area contributed by atoms with Crippen LogP contribution in [0.15, 0.2) is 24.3 Å². The fourth-order valence-electron chi connectivity index (χ4n) is 2.34. The van der Waals surface area contributed by atoms with Gasteiger partial charge in [-0.3, -0.25) is 4.79 Å². The van der Waals surface area contributed by atoms with Crippen molar-refractivity contribution in [3.8, 4) is 0 Å². The van der Waals surface area contributed by atoms with Gasteiger partial charge in [-0.15, -0.1) is 0 Å². The van der Waals surface area contributed by atoms with Gasteiger partial charge in [-0.05, 0) is 30.9 Å². The van der Waals surface area contributed by atoms with Gasteiger partial charge in [0, 0.05) is 25.6 Å². The molecule has 2 N–H and O–H groups in total. The third kappa shape index (κ3) is 3.29. The summed E-state index contributed by atoms with van der Waals surface area (Å²) in [7, 11) is 0. The number of carbonyl (C=O) groups is 1. The second kappa shape index (κ2) is 5.96. The molecule has 0 spiro atoms. The van der Waals surface area contributed by atoms with E-state index in [4.69, 9.17) is 5.73 Å². The Balaban J connectivity index is 1.86. The molecular formula is C14H19FN2O. The van der Waals surface area contributed by atoms with Gasteiger partial charge in [0.2, 0.25) is 5.91 Å². The van der Waals surface area contributed by atoms with Gasteiger partial charge in [0.25, 0.3) is 0 Å². The molecular weight excluding hydrogens is 231 g/mol. The average Bonchev–Trinajstić information content (AvgIpc) is 2.85. The molecule has 0 radical (unpaired) electrons. The van der Waals surface area contributed by atoms with Crippen molar-refractivity contribution in [3.63, 3.8) is 0 Å². The van der Waals surface area contributed by atoms with Crippen LogP contribution in [0.25, 0.3) is 0 Å². The minimum absolute atomic E-state index is 0.0938. The molecule has 1 amide bonds. The molecule has 1 aromatic carbocycles. The summed E-state index contributed by atoms with van der Waals surface area (Å²) in [6.45, 7) is 1.68. The summed E-state index contributed by atoms with van der Waals surface area (Å²) in [5, 5.41) is 0. The highest BCUT2D eigenvalue weighted by Crippen LogP contribution is 2.13. The van der Waals surface area contributed by atoms with E-state index in [1.54, 1.807) is 18.2 Å². The fourth-order valence-corrected chi connectivity index (χ4v) is 2.34.